The van der Waals surface area contributed by atoms with Crippen molar-refractivity contribution in [2.45, 2.75) is 238 Å². The predicted octanol–water partition coefficient (Wildman–Crippen LogP) is 15.5. The molecule has 0 amide bonds. The van der Waals surface area contributed by atoms with Gasteiger partial charge in [-0.2, -0.15) is 0 Å². The standard InChI is InChI=1S/C51H96NO7P/c1-3-5-7-9-11-13-15-17-19-21-23-24-25-27-29-31-33-35-37-39-41-43-46-56-48-50(49-58-60(54,55)57-47-45-52)59-51(53)44-42-40-38-36-34-32-30-28-26-22-20-18-16-14-12-10-8-6-4-2/h5,7,11,13,17,19,23-24,50H,3-4,6,8-10,12,14-16,18,20-22,25-49,52H2,1-2H3,(H,54,55)/b7-5-,13-11-,19-17-,24-23-. The van der Waals surface area contributed by atoms with E-state index >= 15 is 0 Å². The van der Waals surface area contributed by atoms with Gasteiger partial charge in [-0.3, -0.25) is 13.8 Å². The highest BCUT2D eigenvalue weighted by Crippen LogP contribution is 2.43. The quantitative estimate of drug-likeness (QED) is 0.0269. The smallest absolute Gasteiger partial charge is 0.457 e. The van der Waals surface area contributed by atoms with Gasteiger partial charge in [0.1, 0.15) is 6.10 Å². The topological polar surface area (TPSA) is 117 Å². The van der Waals surface area contributed by atoms with E-state index in [4.69, 9.17) is 24.3 Å². The van der Waals surface area contributed by atoms with Crippen molar-refractivity contribution in [3.63, 3.8) is 0 Å². The summed E-state index contributed by atoms with van der Waals surface area (Å²) in [5.74, 6) is -0.329. The van der Waals surface area contributed by atoms with Crippen molar-refractivity contribution in [1.82, 2.24) is 0 Å². The first-order valence-corrected chi connectivity index (χ1v) is 26.6. The molecule has 0 heterocycles. The van der Waals surface area contributed by atoms with E-state index in [1.165, 1.54) is 154 Å². The molecule has 0 saturated heterocycles. The van der Waals surface area contributed by atoms with Gasteiger partial charge in [-0.25, -0.2) is 4.57 Å². The van der Waals surface area contributed by atoms with Crippen LogP contribution in [0.25, 0.3) is 0 Å². The molecule has 0 saturated carbocycles. The minimum Gasteiger partial charge on any atom is -0.457 e. The lowest BCUT2D eigenvalue weighted by atomic mass is 10.0. The molecule has 0 aromatic rings. The summed E-state index contributed by atoms with van der Waals surface area (Å²) >= 11 is 0. The zero-order valence-corrected chi connectivity index (χ0v) is 40.1. The van der Waals surface area contributed by atoms with Crippen LogP contribution in [0, 0.1) is 0 Å². The fourth-order valence-corrected chi connectivity index (χ4v) is 7.87. The van der Waals surface area contributed by atoms with Crippen LogP contribution in [-0.4, -0.2) is 49.9 Å². The highest BCUT2D eigenvalue weighted by atomic mass is 31.2. The van der Waals surface area contributed by atoms with Crippen molar-refractivity contribution in [2.75, 3.05) is 33.0 Å². The molecule has 352 valence electrons. The van der Waals surface area contributed by atoms with Crippen LogP contribution in [0.4, 0.5) is 0 Å². The third kappa shape index (κ3) is 47.5. The molecule has 60 heavy (non-hydrogen) atoms. The second-order valence-electron chi connectivity index (χ2n) is 16.7. The number of unbranched alkanes of at least 4 members (excludes halogenated alkanes) is 27. The largest absolute Gasteiger partial charge is 0.472 e. The van der Waals surface area contributed by atoms with Gasteiger partial charge in [0.25, 0.3) is 0 Å². The van der Waals surface area contributed by atoms with Crippen LogP contribution in [0.5, 0.6) is 0 Å². The Morgan fingerprint density at radius 3 is 1.40 bits per heavy atom. The van der Waals surface area contributed by atoms with Crippen LogP contribution < -0.4 is 5.73 Å². The van der Waals surface area contributed by atoms with E-state index in [0.29, 0.717) is 13.0 Å². The fourth-order valence-electron chi connectivity index (χ4n) is 7.11. The summed E-state index contributed by atoms with van der Waals surface area (Å²) < 4.78 is 33.6. The Bertz CT molecular complexity index is 1060. The normalized spacial score (nSPS) is 13.7. The summed E-state index contributed by atoms with van der Waals surface area (Å²) in [4.78, 5) is 22.6. The van der Waals surface area contributed by atoms with Gasteiger partial charge in [0.05, 0.1) is 19.8 Å². The third-order valence-electron chi connectivity index (χ3n) is 10.8. The van der Waals surface area contributed by atoms with Gasteiger partial charge in [0.2, 0.25) is 0 Å². The lowest BCUT2D eigenvalue weighted by molar-refractivity contribution is -0.154. The minimum absolute atomic E-state index is 0.0964. The summed E-state index contributed by atoms with van der Waals surface area (Å²) in [6.07, 6.45) is 58.5. The number of ether oxygens (including phenoxy) is 2. The molecule has 0 aliphatic heterocycles. The zero-order chi connectivity index (χ0) is 43.7. The van der Waals surface area contributed by atoms with Crippen LogP contribution in [0.3, 0.4) is 0 Å². The molecule has 9 heteroatoms. The van der Waals surface area contributed by atoms with Gasteiger partial charge in [-0.15, -0.1) is 0 Å². The first kappa shape index (κ1) is 58.5. The molecule has 0 bridgehead atoms. The number of phosphoric ester groups is 1. The summed E-state index contributed by atoms with van der Waals surface area (Å²) in [5, 5.41) is 0. The summed E-state index contributed by atoms with van der Waals surface area (Å²) in [6.45, 7) is 4.83. The SMILES string of the molecule is CC/C=C\C/C=C\C/C=C\C/C=C\CCCCCCCCCCCOCC(COP(=O)(O)OCCN)OC(=O)CCCCCCCCCCCCCCCCCCCCC. The Hall–Kier alpha value is -1.54. The van der Waals surface area contributed by atoms with Gasteiger partial charge in [-0.05, 0) is 51.4 Å². The Balaban J connectivity index is 3.95. The van der Waals surface area contributed by atoms with E-state index in [0.717, 1.165) is 57.8 Å². The molecule has 0 rings (SSSR count). The van der Waals surface area contributed by atoms with Crippen molar-refractivity contribution < 1.29 is 32.8 Å². The average molecular weight is 866 g/mol. The number of carbonyl (C=O) groups excluding carboxylic acids is 1. The maximum absolute atomic E-state index is 12.6. The van der Waals surface area contributed by atoms with Crippen LogP contribution in [-0.2, 0) is 27.9 Å². The summed E-state index contributed by atoms with van der Waals surface area (Å²) in [6, 6.07) is 0. The molecular formula is C51H96NO7P. The van der Waals surface area contributed by atoms with Crippen molar-refractivity contribution in [2.24, 2.45) is 5.73 Å². The van der Waals surface area contributed by atoms with Gasteiger partial charge in [-0.1, -0.05) is 223 Å². The van der Waals surface area contributed by atoms with E-state index in [1.54, 1.807) is 0 Å². The van der Waals surface area contributed by atoms with Gasteiger partial charge in [0, 0.05) is 19.6 Å². The molecule has 0 aromatic carbocycles. The summed E-state index contributed by atoms with van der Waals surface area (Å²) in [5.41, 5.74) is 5.39. The molecule has 2 unspecified atom stereocenters. The number of phosphoric acid groups is 1. The van der Waals surface area contributed by atoms with Crippen LogP contribution in [0.2, 0.25) is 0 Å². The number of carbonyl (C=O) groups is 1. The number of allylic oxidation sites excluding steroid dienone is 8. The first-order valence-electron chi connectivity index (χ1n) is 25.1. The molecule has 0 aliphatic carbocycles. The highest BCUT2D eigenvalue weighted by Gasteiger charge is 2.25. The molecular weight excluding hydrogens is 770 g/mol. The van der Waals surface area contributed by atoms with Crippen LogP contribution >= 0.6 is 7.82 Å². The number of esters is 1. The summed E-state index contributed by atoms with van der Waals surface area (Å²) in [7, 11) is -4.28. The zero-order valence-electron chi connectivity index (χ0n) is 39.2. The van der Waals surface area contributed by atoms with Gasteiger partial charge >= 0.3 is 13.8 Å². The van der Waals surface area contributed by atoms with Crippen molar-refractivity contribution in [3.8, 4) is 0 Å². The molecule has 0 spiro atoms. The molecule has 2 atom stereocenters. The van der Waals surface area contributed by atoms with Crippen LogP contribution in [0.1, 0.15) is 232 Å². The fraction of sp³-hybridized carbons (Fsp3) is 0.824. The van der Waals surface area contributed by atoms with Crippen molar-refractivity contribution in [1.29, 1.82) is 0 Å². The third-order valence-corrected chi connectivity index (χ3v) is 11.7. The molecule has 0 aromatic heterocycles. The maximum atomic E-state index is 12.6. The second-order valence-corrected chi connectivity index (χ2v) is 18.1. The minimum atomic E-state index is -4.28. The Morgan fingerprint density at radius 1 is 0.517 bits per heavy atom. The number of hydrogen-bond donors (Lipinski definition) is 2. The molecule has 3 N–H and O–H groups in total. The van der Waals surface area contributed by atoms with E-state index in [9.17, 15) is 14.3 Å². The lowest BCUT2D eigenvalue weighted by Crippen LogP contribution is -2.28. The monoisotopic (exact) mass is 866 g/mol. The van der Waals surface area contributed by atoms with Crippen molar-refractivity contribution in [3.05, 3.63) is 48.6 Å². The Morgan fingerprint density at radius 2 is 0.933 bits per heavy atom. The Labute approximate surface area is 371 Å². The van der Waals surface area contributed by atoms with Gasteiger partial charge < -0.3 is 20.1 Å². The first-order chi connectivity index (χ1) is 29.4. The number of rotatable bonds is 48. The molecule has 8 nitrogen and oxygen atoms in total. The second kappa shape index (κ2) is 48.5. The van der Waals surface area contributed by atoms with E-state index in [2.05, 4.69) is 62.5 Å². The lowest BCUT2D eigenvalue weighted by Gasteiger charge is -2.20. The number of nitrogens with two attached hydrogens (primary N) is 1. The number of hydrogen-bond acceptors (Lipinski definition) is 7. The van der Waals surface area contributed by atoms with E-state index < -0.39 is 13.9 Å². The molecule has 0 aliphatic rings. The van der Waals surface area contributed by atoms with E-state index in [-0.39, 0.29) is 32.3 Å². The molecule has 0 fully saturated rings. The molecule has 0 radical (unpaired) electrons. The van der Waals surface area contributed by atoms with Crippen molar-refractivity contribution >= 4 is 13.8 Å². The average Bonchev–Trinajstić information content (AvgIpc) is 3.24. The maximum Gasteiger partial charge on any atom is 0.472 e. The van der Waals surface area contributed by atoms with Crippen LogP contribution in [0.15, 0.2) is 48.6 Å². The van der Waals surface area contributed by atoms with E-state index in [1.807, 2.05) is 0 Å². The Kier molecular flexibility index (Phi) is 47.2. The predicted molar refractivity (Wildman–Crippen MR) is 256 cm³/mol. The highest BCUT2D eigenvalue weighted by molar-refractivity contribution is 7.47. The van der Waals surface area contributed by atoms with Gasteiger partial charge in [0.15, 0.2) is 0 Å².